The van der Waals surface area contributed by atoms with Crippen molar-refractivity contribution >= 4 is 5.78 Å². The van der Waals surface area contributed by atoms with Crippen LogP contribution in [0, 0.1) is 0 Å². The number of nitrogens with zero attached hydrogens (tertiary/aromatic N) is 2. The van der Waals surface area contributed by atoms with Gasteiger partial charge in [0.25, 0.3) is 0 Å². The molecule has 0 bridgehead atoms. The van der Waals surface area contributed by atoms with Gasteiger partial charge in [0.1, 0.15) is 5.76 Å². The number of hydrogen-bond acceptors (Lipinski definition) is 5. The molecule has 0 atom stereocenters. The largest absolute Gasteiger partial charge is 0.479 e. The minimum atomic E-state index is -0.105. The first-order chi connectivity index (χ1) is 8.31. The first-order valence-electron chi connectivity index (χ1n) is 5.22. The molecule has 0 aromatic carbocycles. The summed E-state index contributed by atoms with van der Waals surface area (Å²) in [5, 5.41) is 0. The highest BCUT2D eigenvalue weighted by molar-refractivity contribution is 5.96. The van der Waals surface area contributed by atoms with Gasteiger partial charge in [-0.2, -0.15) is 0 Å². The van der Waals surface area contributed by atoms with E-state index in [9.17, 15) is 4.79 Å². The highest BCUT2D eigenvalue weighted by atomic mass is 16.5. The maximum atomic E-state index is 11.9. The van der Waals surface area contributed by atoms with Crippen LogP contribution in [0.5, 0.6) is 5.88 Å². The molecule has 0 saturated carbocycles. The summed E-state index contributed by atoms with van der Waals surface area (Å²) in [4.78, 5) is 19.8. The topological polar surface area (TPSA) is 65.2 Å². The van der Waals surface area contributed by atoms with Crippen molar-refractivity contribution in [3.8, 4) is 5.88 Å². The van der Waals surface area contributed by atoms with E-state index < -0.39 is 0 Å². The minimum Gasteiger partial charge on any atom is -0.479 e. The molecule has 0 aliphatic rings. The van der Waals surface area contributed by atoms with Gasteiger partial charge in [0.15, 0.2) is 11.5 Å². The van der Waals surface area contributed by atoms with Crippen molar-refractivity contribution < 1.29 is 13.9 Å². The maximum absolute atomic E-state index is 11.9. The molecular weight excluding hydrogens is 220 g/mol. The van der Waals surface area contributed by atoms with E-state index in [2.05, 4.69) is 9.97 Å². The number of furan rings is 1. The first kappa shape index (κ1) is 11.3. The molecule has 0 spiro atoms. The standard InChI is InChI=1S/C12H12N2O3/c1-16-12-11(13-6-7-14-12)10(15)5-4-9-3-2-8-17-9/h2-3,6-8H,4-5H2,1H3. The Morgan fingerprint density at radius 3 is 2.94 bits per heavy atom. The Morgan fingerprint density at radius 2 is 2.24 bits per heavy atom. The Morgan fingerprint density at radius 1 is 1.41 bits per heavy atom. The maximum Gasteiger partial charge on any atom is 0.243 e. The second-order valence-corrected chi connectivity index (χ2v) is 3.42. The van der Waals surface area contributed by atoms with Crippen molar-refractivity contribution in [2.45, 2.75) is 12.8 Å². The Hall–Kier alpha value is -2.17. The van der Waals surface area contributed by atoms with Gasteiger partial charge in [-0.25, -0.2) is 9.97 Å². The zero-order chi connectivity index (χ0) is 12.1. The molecule has 88 valence electrons. The first-order valence-corrected chi connectivity index (χ1v) is 5.22. The molecule has 0 N–H and O–H groups in total. The van der Waals surface area contributed by atoms with E-state index in [0.29, 0.717) is 12.8 Å². The van der Waals surface area contributed by atoms with Crippen LogP contribution in [-0.4, -0.2) is 22.9 Å². The number of ether oxygens (including phenoxy) is 1. The van der Waals surface area contributed by atoms with Crippen molar-refractivity contribution in [1.82, 2.24) is 9.97 Å². The summed E-state index contributed by atoms with van der Waals surface area (Å²) < 4.78 is 10.1. The third-order valence-electron chi connectivity index (χ3n) is 2.30. The van der Waals surface area contributed by atoms with Crippen LogP contribution in [0.3, 0.4) is 0 Å². The summed E-state index contributed by atoms with van der Waals surface area (Å²) >= 11 is 0. The van der Waals surface area contributed by atoms with Crippen LogP contribution in [0.1, 0.15) is 22.7 Å². The summed E-state index contributed by atoms with van der Waals surface area (Å²) in [5.41, 5.74) is 0.265. The van der Waals surface area contributed by atoms with Crippen LogP contribution in [0.2, 0.25) is 0 Å². The summed E-state index contributed by atoms with van der Waals surface area (Å²) in [5.74, 6) is 0.935. The molecule has 5 heteroatoms. The van der Waals surface area contributed by atoms with Gasteiger partial charge in [-0.15, -0.1) is 0 Å². The molecule has 0 aliphatic heterocycles. The van der Waals surface area contributed by atoms with Crippen molar-refractivity contribution in [1.29, 1.82) is 0 Å². The molecule has 0 unspecified atom stereocenters. The van der Waals surface area contributed by atoms with Gasteiger partial charge in [-0.05, 0) is 12.1 Å². The third-order valence-corrected chi connectivity index (χ3v) is 2.30. The number of methoxy groups -OCH3 is 1. The summed E-state index contributed by atoms with van der Waals surface area (Å²) in [6, 6.07) is 3.63. The van der Waals surface area contributed by atoms with Crippen molar-refractivity contribution in [2.24, 2.45) is 0 Å². The molecule has 2 rings (SSSR count). The fourth-order valence-corrected chi connectivity index (χ4v) is 1.48. The zero-order valence-electron chi connectivity index (χ0n) is 9.42. The van der Waals surface area contributed by atoms with E-state index >= 15 is 0 Å². The predicted octanol–water partition coefficient (Wildman–Crippen LogP) is 1.89. The van der Waals surface area contributed by atoms with Crippen LogP contribution in [0.25, 0.3) is 0 Å². The molecular formula is C12H12N2O3. The fourth-order valence-electron chi connectivity index (χ4n) is 1.48. The van der Waals surface area contributed by atoms with Crippen molar-refractivity contribution in [2.75, 3.05) is 7.11 Å². The molecule has 0 fully saturated rings. The van der Waals surface area contributed by atoms with Crippen LogP contribution in [-0.2, 0) is 6.42 Å². The SMILES string of the molecule is COc1nccnc1C(=O)CCc1ccco1. The molecule has 5 nitrogen and oxygen atoms in total. The number of aromatic nitrogens is 2. The number of aryl methyl sites for hydroxylation is 1. The molecule has 0 aliphatic carbocycles. The van der Waals surface area contributed by atoms with Crippen LogP contribution in [0.4, 0.5) is 0 Å². The van der Waals surface area contributed by atoms with Crippen LogP contribution < -0.4 is 4.74 Å². The van der Waals surface area contributed by atoms with Crippen LogP contribution >= 0.6 is 0 Å². The van der Waals surface area contributed by atoms with E-state index in [-0.39, 0.29) is 17.4 Å². The van der Waals surface area contributed by atoms with E-state index in [1.807, 2.05) is 6.07 Å². The van der Waals surface area contributed by atoms with Gasteiger partial charge >= 0.3 is 0 Å². The van der Waals surface area contributed by atoms with Gasteiger partial charge in [0, 0.05) is 25.2 Å². The van der Waals surface area contributed by atoms with Gasteiger partial charge in [0.05, 0.1) is 13.4 Å². The molecule has 2 aromatic heterocycles. The normalized spacial score (nSPS) is 10.2. The van der Waals surface area contributed by atoms with Crippen LogP contribution in [0.15, 0.2) is 35.2 Å². The van der Waals surface area contributed by atoms with Gasteiger partial charge in [-0.1, -0.05) is 0 Å². The molecule has 0 amide bonds. The zero-order valence-corrected chi connectivity index (χ0v) is 9.42. The molecule has 2 heterocycles. The van der Waals surface area contributed by atoms with E-state index in [0.717, 1.165) is 5.76 Å². The smallest absolute Gasteiger partial charge is 0.243 e. The molecule has 2 aromatic rings. The van der Waals surface area contributed by atoms with Gasteiger partial charge in [-0.3, -0.25) is 4.79 Å². The Balaban J connectivity index is 2.04. The van der Waals surface area contributed by atoms with Crippen molar-refractivity contribution in [3.05, 3.63) is 42.2 Å². The summed E-state index contributed by atoms with van der Waals surface area (Å²) in [7, 11) is 1.47. The number of Topliss-reactive ketones (excluding diaryl/α,β-unsaturated/α-hetero) is 1. The minimum absolute atomic E-state index is 0.105. The number of hydrogen-bond donors (Lipinski definition) is 0. The molecule has 17 heavy (non-hydrogen) atoms. The quantitative estimate of drug-likeness (QED) is 0.736. The Kier molecular flexibility index (Phi) is 3.49. The Labute approximate surface area is 98.5 Å². The monoisotopic (exact) mass is 232 g/mol. The number of ketones is 1. The fraction of sp³-hybridized carbons (Fsp3) is 0.250. The number of carbonyl (C=O) groups excluding carboxylic acids is 1. The lowest BCUT2D eigenvalue weighted by Gasteiger charge is -2.03. The second kappa shape index (κ2) is 5.25. The lowest BCUT2D eigenvalue weighted by Crippen LogP contribution is -2.07. The lowest BCUT2D eigenvalue weighted by atomic mass is 10.1. The highest BCUT2D eigenvalue weighted by Crippen LogP contribution is 2.14. The second-order valence-electron chi connectivity index (χ2n) is 3.42. The van der Waals surface area contributed by atoms with Gasteiger partial charge in [0.2, 0.25) is 5.88 Å². The van der Waals surface area contributed by atoms with Crippen molar-refractivity contribution in [3.63, 3.8) is 0 Å². The molecule has 0 saturated heterocycles. The van der Waals surface area contributed by atoms with E-state index in [4.69, 9.17) is 9.15 Å². The average Bonchev–Trinajstić information content (AvgIpc) is 2.89. The third kappa shape index (κ3) is 2.69. The molecule has 0 radical (unpaired) electrons. The summed E-state index contributed by atoms with van der Waals surface area (Å²) in [6.07, 6.45) is 5.42. The highest BCUT2D eigenvalue weighted by Gasteiger charge is 2.14. The Bertz CT molecular complexity index is 494. The number of carbonyl (C=O) groups is 1. The van der Waals surface area contributed by atoms with E-state index in [1.165, 1.54) is 19.5 Å². The lowest BCUT2D eigenvalue weighted by molar-refractivity contribution is 0.0972. The predicted molar refractivity (Wildman–Crippen MR) is 59.9 cm³/mol. The average molecular weight is 232 g/mol. The van der Waals surface area contributed by atoms with E-state index in [1.54, 1.807) is 12.3 Å². The summed E-state index contributed by atoms with van der Waals surface area (Å²) in [6.45, 7) is 0. The van der Waals surface area contributed by atoms with Gasteiger partial charge < -0.3 is 9.15 Å². The number of rotatable bonds is 5.